The minimum absolute atomic E-state index is 0.131. The molecular weight excluding hydrogens is 655 g/mol. The Labute approximate surface area is 296 Å². The molecule has 5 atom stereocenters. The Bertz CT molecular complexity index is 837. The van der Waals surface area contributed by atoms with Gasteiger partial charge in [0, 0.05) is 6.54 Å². The predicted molar refractivity (Wildman–Crippen MR) is 210 cm³/mol. The van der Waals surface area contributed by atoms with Gasteiger partial charge in [-0.1, -0.05) is 103 Å². The third-order valence-electron chi connectivity index (χ3n) is 8.02. The van der Waals surface area contributed by atoms with Gasteiger partial charge >= 0.3 is 0 Å². The van der Waals surface area contributed by atoms with Gasteiger partial charge in [0.25, 0.3) is 5.91 Å². The van der Waals surface area contributed by atoms with Gasteiger partial charge < -0.3 is 27.8 Å². The van der Waals surface area contributed by atoms with E-state index < -0.39 is 64.0 Å². The van der Waals surface area contributed by atoms with E-state index in [1.54, 1.807) is 0 Å². The molecule has 0 aromatic heterocycles. The Morgan fingerprint density at radius 2 is 0.830 bits per heavy atom. The fraction of sp³-hybridized carbons (Fsp3) is 0.972. The number of carbonyl (C=O) groups is 1. The van der Waals surface area contributed by atoms with Crippen LogP contribution in [0.2, 0.25) is 78.6 Å². The summed E-state index contributed by atoms with van der Waals surface area (Å²) in [6.07, 6.45) is 18.4. The SMILES string of the molecule is CCCCCCCCCCCCCCCCCCNC(=O)C1OC(O[Si](C)(C)C)C(O[Si](C)(C)C)C(O[Si](C)(C)C)C1O[Si](C)(C)C. The molecule has 280 valence electrons. The Morgan fingerprint density at radius 1 is 0.489 bits per heavy atom. The highest BCUT2D eigenvalue weighted by Crippen LogP contribution is 2.35. The van der Waals surface area contributed by atoms with Crippen molar-refractivity contribution in [3.63, 3.8) is 0 Å². The van der Waals surface area contributed by atoms with E-state index >= 15 is 0 Å². The fourth-order valence-corrected chi connectivity index (χ4v) is 10.2. The lowest BCUT2D eigenvalue weighted by Crippen LogP contribution is -2.68. The quantitative estimate of drug-likeness (QED) is 0.0705. The third-order valence-corrected chi connectivity index (χ3v) is 11.9. The molecule has 0 saturated carbocycles. The maximum absolute atomic E-state index is 13.8. The average molecular weight is 734 g/mol. The zero-order valence-corrected chi connectivity index (χ0v) is 37.4. The largest absolute Gasteiger partial charge is 0.409 e. The number of hydrogen-bond acceptors (Lipinski definition) is 6. The molecule has 0 radical (unpaired) electrons. The lowest BCUT2D eigenvalue weighted by atomic mass is 9.98. The molecule has 0 aromatic rings. The Kier molecular flexibility index (Phi) is 21.3. The van der Waals surface area contributed by atoms with Crippen LogP contribution in [0.4, 0.5) is 0 Å². The molecule has 1 amide bonds. The number of hydrogen-bond donors (Lipinski definition) is 1. The van der Waals surface area contributed by atoms with Crippen LogP contribution in [0.15, 0.2) is 0 Å². The standard InChI is InChI=1S/C36H79NO6Si4/c1-14-15-16-17-18-19-20-21-22-23-24-25-26-27-28-29-30-37-35(38)33-31(40-44(2,3)4)32(41-45(5,6)7)34(42-46(8,9)10)36(39-33)43-47(11,12)13/h31-34,36H,14-30H2,1-13H3,(H,37,38). The lowest BCUT2D eigenvalue weighted by molar-refractivity contribution is -0.258. The molecule has 1 aliphatic rings. The highest BCUT2D eigenvalue weighted by molar-refractivity contribution is 6.71. The summed E-state index contributed by atoms with van der Waals surface area (Å²) < 4.78 is 33.6. The first kappa shape index (κ1) is 45.2. The molecule has 11 heteroatoms. The smallest absolute Gasteiger partial charge is 0.252 e. The fourth-order valence-electron chi connectivity index (χ4n) is 6.06. The van der Waals surface area contributed by atoms with Gasteiger partial charge in [-0.2, -0.15) is 0 Å². The van der Waals surface area contributed by atoms with Gasteiger partial charge in [0.1, 0.15) is 18.3 Å². The van der Waals surface area contributed by atoms with Crippen molar-refractivity contribution in [1.82, 2.24) is 5.32 Å². The Hall–Kier alpha value is 0.138. The van der Waals surface area contributed by atoms with Crippen molar-refractivity contribution in [3.05, 3.63) is 0 Å². The molecule has 0 spiro atoms. The van der Waals surface area contributed by atoms with Crippen LogP contribution in [-0.2, 0) is 27.2 Å². The number of unbranched alkanes of at least 4 members (excludes halogenated alkanes) is 15. The highest BCUT2D eigenvalue weighted by atomic mass is 28.4. The van der Waals surface area contributed by atoms with E-state index in [4.69, 9.17) is 22.4 Å². The van der Waals surface area contributed by atoms with Crippen molar-refractivity contribution < 1.29 is 27.2 Å². The molecule has 5 unspecified atom stereocenters. The van der Waals surface area contributed by atoms with Crippen LogP contribution in [0.3, 0.4) is 0 Å². The highest BCUT2D eigenvalue weighted by Gasteiger charge is 2.54. The zero-order chi connectivity index (χ0) is 35.7. The lowest BCUT2D eigenvalue weighted by Gasteiger charge is -2.51. The summed E-state index contributed by atoms with van der Waals surface area (Å²) in [6, 6.07) is 0. The van der Waals surface area contributed by atoms with Gasteiger partial charge in [0.15, 0.2) is 45.7 Å². The number of carbonyl (C=O) groups excluding carboxylic acids is 1. The van der Waals surface area contributed by atoms with Crippen molar-refractivity contribution in [2.24, 2.45) is 0 Å². The van der Waals surface area contributed by atoms with E-state index in [1.165, 1.54) is 89.9 Å². The van der Waals surface area contributed by atoms with Crippen molar-refractivity contribution >= 4 is 39.2 Å². The van der Waals surface area contributed by atoms with Crippen LogP contribution in [0.25, 0.3) is 0 Å². The molecule has 1 saturated heterocycles. The van der Waals surface area contributed by atoms with Crippen molar-refractivity contribution in [1.29, 1.82) is 0 Å². The molecule has 1 rings (SSSR count). The number of nitrogens with one attached hydrogen (secondary N) is 1. The summed E-state index contributed by atoms with van der Waals surface area (Å²) in [7, 11) is -8.22. The molecule has 1 heterocycles. The van der Waals surface area contributed by atoms with Crippen LogP contribution in [0, 0.1) is 0 Å². The summed E-state index contributed by atoms with van der Waals surface area (Å²) in [5.74, 6) is -0.131. The molecule has 7 nitrogen and oxygen atoms in total. The van der Waals surface area contributed by atoms with Crippen molar-refractivity contribution in [3.8, 4) is 0 Å². The Balaban J connectivity index is 2.69. The predicted octanol–water partition coefficient (Wildman–Crippen LogP) is 10.6. The summed E-state index contributed by atoms with van der Waals surface area (Å²) in [6.45, 7) is 28.9. The second-order valence-corrected chi connectivity index (χ2v) is 35.7. The van der Waals surface area contributed by atoms with Gasteiger partial charge in [-0.3, -0.25) is 4.79 Å². The maximum atomic E-state index is 13.8. The van der Waals surface area contributed by atoms with Crippen LogP contribution < -0.4 is 5.32 Å². The van der Waals surface area contributed by atoms with E-state index in [0.29, 0.717) is 6.54 Å². The summed E-state index contributed by atoms with van der Waals surface area (Å²) in [4.78, 5) is 13.8. The molecule has 1 N–H and O–H groups in total. The van der Waals surface area contributed by atoms with Gasteiger partial charge in [-0.15, -0.1) is 0 Å². The Morgan fingerprint density at radius 3 is 1.21 bits per heavy atom. The van der Waals surface area contributed by atoms with E-state index in [9.17, 15) is 4.79 Å². The average Bonchev–Trinajstić information content (AvgIpc) is 2.90. The summed E-state index contributed by atoms with van der Waals surface area (Å²) in [5.41, 5.74) is 0. The third kappa shape index (κ3) is 22.5. The summed E-state index contributed by atoms with van der Waals surface area (Å²) in [5, 5.41) is 3.20. The van der Waals surface area contributed by atoms with Crippen molar-refractivity contribution in [2.75, 3.05) is 6.54 Å². The first-order chi connectivity index (χ1) is 21.7. The van der Waals surface area contributed by atoms with Crippen LogP contribution in [0.1, 0.15) is 110 Å². The van der Waals surface area contributed by atoms with Crippen LogP contribution in [0.5, 0.6) is 0 Å². The molecule has 47 heavy (non-hydrogen) atoms. The summed E-state index contributed by atoms with van der Waals surface area (Å²) >= 11 is 0. The second kappa shape index (κ2) is 22.2. The molecule has 1 aliphatic heterocycles. The molecule has 0 bridgehead atoms. The van der Waals surface area contributed by atoms with E-state index in [-0.39, 0.29) is 5.91 Å². The monoisotopic (exact) mass is 733 g/mol. The van der Waals surface area contributed by atoms with E-state index in [2.05, 4.69) is 90.8 Å². The zero-order valence-electron chi connectivity index (χ0n) is 33.4. The minimum Gasteiger partial charge on any atom is -0.409 e. The van der Waals surface area contributed by atoms with Crippen molar-refractivity contribution in [2.45, 2.75) is 219 Å². The molecule has 1 fully saturated rings. The minimum atomic E-state index is -2.09. The van der Waals surface area contributed by atoms with Crippen LogP contribution in [-0.4, -0.2) is 76.4 Å². The molecule has 0 aromatic carbocycles. The number of ether oxygens (including phenoxy) is 1. The number of rotatable bonds is 26. The molecule has 0 aliphatic carbocycles. The van der Waals surface area contributed by atoms with Gasteiger partial charge in [-0.25, -0.2) is 0 Å². The normalized spacial score (nSPS) is 22.9. The van der Waals surface area contributed by atoms with Gasteiger partial charge in [-0.05, 0) is 85.0 Å². The first-order valence-corrected chi connectivity index (χ1v) is 33.0. The van der Waals surface area contributed by atoms with Gasteiger partial charge in [0.05, 0.1) is 0 Å². The second-order valence-electron chi connectivity index (χ2n) is 17.8. The number of amides is 1. The van der Waals surface area contributed by atoms with Gasteiger partial charge in [0.2, 0.25) is 0 Å². The van der Waals surface area contributed by atoms with E-state index in [1.807, 2.05) is 0 Å². The van der Waals surface area contributed by atoms with E-state index in [0.717, 1.165) is 12.8 Å². The molecular formula is C36H79NO6Si4. The first-order valence-electron chi connectivity index (χ1n) is 19.4. The topological polar surface area (TPSA) is 75.3 Å². The maximum Gasteiger partial charge on any atom is 0.252 e. The van der Waals surface area contributed by atoms with Crippen LogP contribution >= 0.6 is 0 Å².